The minimum absolute atomic E-state index is 0.291. The van der Waals surface area contributed by atoms with Crippen molar-refractivity contribution >= 4 is 48.6 Å². The molecule has 0 radical (unpaired) electrons. The summed E-state index contributed by atoms with van der Waals surface area (Å²) in [5.74, 6) is 0. The molecule has 0 heterocycles. The van der Waals surface area contributed by atoms with E-state index in [0.717, 1.165) is 0 Å². The SMILES string of the molecule is C[S+](C[P+](c1ccccc1)(c1ccccc1)c1ccccc1)C(C)(C)C.F[B-](F)(F)F.F[B-](F)(F)F. The molecular weight excluding hydrogens is 525 g/mol. The van der Waals surface area contributed by atoms with Crippen molar-refractivity contribution in [1.29, 1.82) is 0 Å². The zero-order valence-electron chi connectivity index (χ0n) is 20.4. The summed E-state index contributed by atoms with van der Waals surface area (Å²) in [5.41, 5.74) is 1.22. The van der Waals surface area contributed by atoms with Gasteiger partial charge in [0.05, 0.1) is 0 Å². The molecule has 0 aliphatic heterocycles. The van der Waals surface area contributed by atoms with Crippen LogP contribution in [-0.4, -0.2) is 31.0 Å². The molecule has 0 aliphatic rings. The van der Waals surface area contributed by atoms with Crippen LogP contribution in [0.2, 0.25) is 0 Å². The molecule has 12 heteroatoms. The number of hydrogen-bond donors (Lipinski definition) is 0. The van der Waals surface area contributed by atoms with E-state index in [2.05, 4.69) is 118 Å². The third-order valence-electron chi connectivity index (χ3n) is 5.02. The van der Waals surface area contributed by atoms with Gasteiger partial charge in [0.25, 0.3) is 0 Å². The number of benzene rings is 3. The summed E-state index contributed by atoms with van der Waals surface area (Å²) in [6.45, 7) is 7.14. The maximum Gasteiger partial charge on any atom is 0.673 e. The van der Waals surface area contributed by atoms with E-state index in [4.69, 9.17) is 0 Å². The maximum absolute atomic E-state index is 9.75. The van der Waals surface area contributed by atoms with Gasteiger partial charge in [-0.2, -0.15) is 0 Å². The molecule has 0 fully saturated rings. The van der Waals surface area contributed by atoms with Crippen molar-refractivity contribution in [3.63, 3.8) is 0 Å². The smallest absolute Gasteiger partial charge is 0.418 e. The van der Waals surface area contributed by atoms with E-state index < -0.39 is 21.8 Å². The summed E-state index contributed by atoms with van der Waals surface area (Å²) in [4.78, 5) is 0. The second-order valence-electron chi connectivity index (χ2n) is 8.68. The van der Waals surface area contributed by atoms with Gasteiger partial charge >= 0.3 is 14.5 Å². The van der Waals surface area contributed by atoms with Crippen LogP contribution in [0.4, 0.5) is 34.5 Å². The second kappa shape index (κ2) is 13.5. The second-order valence-corrected chi connectivity index (χ2v) is 15.4. The molecule has 0 saturated carbocycles. The lowest BCUT2D eigenvalue weighted by atomic mass is 10.3. The average Bonchev–Trinajstić information content (AvgIpc) is 2.76. The quantitative estimate of drug-likeness (QED) is 0.132. The Morgan fingerprint density at radius 2 is 0.778 bits per heavy atom. The first-order valence-corrected chi connectivity index (χ1v) is 14.6. The standard InChI is InChI=1S/C24H29PS.2BF4/c1-24(2,3)26(4)20-25(21-14-8-5-9-15-21,22-16-10-6-11-17-22)23-18-12-7-13-19-23;2*2-1(3,4)5/h5-19H,20H2,1-4H3;;/q+2;2*-1. The third kappa shape index (κ3) is 11.8. The summed E-state index contributed by atoms with van der Waals surface area (Å²) in [7, 11) is -13.4. The normalized spacial score (nSPS) is 13.0. The van der Waals surface area contributed by atoms with Crippen LogP contribution in [0.5, 0.6) is 0 Å². The van der Waals surface area contributed by atoms with Crippen molar-refractivity contribution in [3.05, 3.63) is 91.0 Å². The fourth-order valence-electron chi connectivity index (χ4n) is 3.20. The van der Waals surface area contributed by atoms with Crippen molar-refractivity contribution < 1.29 is 34.5 Å². The number of rotatable bonds is 5. The first-order chi connectivity index (χ1) is 16.4. The fourth-order valence-corrected chi connectivity index (χ4v) is 11.8. The van der Waals surface area contributed by atoms with Gasteiger partial charge in [0, 0.05) is 10.9 Å². The Kier molecular flexibility index (Phi) is 12.0. The van der Waals surface area contributed by atoms with Gasteiger partial charge in [0.15, 0.2) is 7.26 Å². The van der Waals surface area contributed by atoms with E-state index in [1.165, 1.54) is 21.4 Å². The largest absolute Gasteiger partial charge is 0.673 e. The molecule has 0 nitrogen and oxygen atoms in total. The maximum atomic E-state index is 9.75. The lowest BCUT2D eigenvalue weighted by Crippen LogP contribution is -2.40. The zero-order chi connectivity index (χ0) is 27.6. The van der Waals surface area contributed by atoms with Gasteiger partial charge in [-0.25, -0.2) is 0 Å². The Morgan fingerprint density at radius 3 is 0.972 bits per heavy atom. The zero-order valence-corrected chi connectivity index (χ0v) is 22.1. The van der Waals surface area contributed by atoms with Gasteiger partial charge in [-0.1, -0.05) is 54.6 Å². The summed E-state index contributed by atoms with van der Waals surface area (Å²) in [6.07, 6.45) is 2.45. The highest BCUT2D eigenvalue weighted by atomic mass is 32.2. The monoisotopic (exact) mass is 554 g/mol. The van der Waals surface area contributed by atoms with Crippen molar-refractivity contribution in [3.8, 4) is 0 Å². The molecule has 0 aliphatic carbocycles. The lowest BCUT2D eigenvalue weighted by Gasteiger charge is -2.29. The fraction of sp³-hybridized carbons (Fsp3) is 0.250. The highest BCUT2D eigenvalue weighted by molar-refractivity contribution is 8.11. The number of hydrogen-bond acceptors (Lipinski definition) is 0. The van der Waals surface area contributed by atoms with Crippen LogP contribution < -0.4 is 15.9 Å². The van der Waals surface area contributed by atoms with E-state index in [1.807, 2.05) is 0 Å². The minimum Gasteiger partial charge on any atom is -0.418 e. The minimum atomic E-state index is -6.00. The summed E-state index contributed by atoms with van der Waals surface area (Å²) < 4.78 is 78.3. The van der Waals surface area contributed by atoms with Gasteiger partial charge < -0.3 is 34.5 Å². The van der Waals surface area contributed by atoms with E-state index >= 15 is 0 Å². The molecule has 1 unspecified atom stereocenters. The Balaban J connectivity index is 0.000000550. The molecule has 0 bridgehead atoms. The molecule has 0 aromatic heterocycles. The molecule has 0 saturated heterocycles. The summed E-state index contributed by atoms with van der Waals surface area (Å²) in [6, 6.07) is 33.6. The van der Waals surface area contributed by atoms with Crippen LogP contribution in [0, 0.1) is 0 Å². The predicted octanol–water partition coefficient (Wildman–Crippen LogP) is 7.58. The van der Waals surface area contributed by atoms with Crippen molar-refractivity contribution in [2.75, 3.05) is 11.7 Å². The molecule has 0 spiro atoms. The first-order valence-electron chi connectivity index (χ1n) is 10.9. The number of halogens is 8. The van der Waals surface area contributed by atoms with E-state index in [9.17, 15) is 34.5 Å². The Bertz CT molecular complexity index is 891. The van der Waals surface area contributed by atoms with Crippen LogP contribution in [0.1, 0.15) is 20.8 Å². The molecule has 198 valence electrons. The summed E-state index contributed by atoms with van der Waals surface area (Å²) >= 11 is 0. The van der Waals surface area contributed by atoms with Crippen molar-refractivity contribution in [2.24, 2.45) is 0 Å². The van der Waals surface area contributed by atoms with Gasteiger partial charge in [-0.3, -0.25) is 0 Å². The topological polar surface area (TPSA) is 0 Å². The van der Waals surface area contributed by atoms with Crippen molar-refractivity contribution in [1.82, 2.24) is 0 Å². The molecule has 3 aromatic carbocycles. The predicted molar refractivity (Wildman–Crippen MR) is 143 cm³/mol. The molecule has 1 atom stereocenters. The lowest BCUT2D eigenvalue weighted by molar-refractivity contribution is 0.366. The molecule has 3 aromatic rings. The van der Waals surface area contributed by atoms with Crippen LogP contribution in [-0.2, 0) is 10.9 Å². The molecular formula is C24H29B2F8PS. The highest BCUT2D eigenvalue weighted by Crippen LogP contribution is 2.57. The van der Waals surface area contributed by atoms with Crippen LogP contribution in [0.15, 0.2) is 91.0 Å². The van der Waals surface area contributed by atoms with E-state index in [1.54, 1.807) is 0 Å². The van der Waals surface area contributed by atoms with E-state index in [0.29, 0.717) is 15.6 Å². The highest BCUT2D eigenvalue weighted by Gasteiger charge is 2.52. The van der Waals surface area contributed by atoms with Gasteiger partial charge in [0.2, 0.25) is 5.49 Å². The van der Waals surface area contributed by atoms with Gasteiger partial charge in [-0.15, -0.1) is 0 Å². The Labute approximate surface area is 211 Å². The Hall–Kier alpha value is -1.99. The molecule has 0 amide bonds. The third-order valence-corrected chi connectivity index (χ3v) is 13.8. The summed E-state index contributed by atoms with van der Waals surface area (Å²) in [5, 5.41) is 4.46. The first kappa shape index (κ1) is 32.0. The molecule has 0 N–H and O–H groups in total. The van der Waals surface area contributed by atoms with Crippen LogP contribution in [0.3, 0.4) is 0 Å². The van der Waals surface area contributed by atoms with Crippen molar-refractivity contribution in [2.45, 2.75) is 25.5 Å². The van der Waals surface area contributed by atoms with Crippen LogP contribution in [0.25, 0.3) is 0 Å². The van der Waals surface area contributed by atoms with Gasteiger partial charge in [-0.05, 0) is 57.2 Å². The average molecular weight is 554 g/mol. The van der Waals surface area contributed by atoms with E-state index in [-0.39, 0.29) is 0 Å². The van der Waals surface area contributed by atoms with Crippen LogP contribution >= 0.6 is 7.26 Å². The molecule has 36 heavy (non-hydrogen) atoms. The van der Waals surface area contributed by atoms with Gasteiger partial charge in [0.1, 0.15) is 26.9 Å². The Morgan fingerprint density at radius 1 is 0.556 bits per heavy atom. The molecule has 3 rings (SSSR count).